The van der Waals surface area contributed by atoms with E-state index >= 15 is 0 Å². The average molecular weight is 380 g/mol. The molecule has 0 aliphatic heterocycles. The lowest BCUT2D eigenvalue weighted by Gasteiger charge is -2.33. The van der Waals surface area contributed by atoms with Crippen LogP contribution in [0.3, 0.4) is 0 Å². The van der Waals surface area contributed by atoms with Crippen molar-refractivity contribution in [3.63, 3.8) is 0 Å². The third-order valence-corrected chi connectivity index (χ3v) is 3.43. The fourth-order valence-corrected chi connectivity index (χ4v) is 2.01. The summed E-state index contributed by atoms with van der Waals surface area (Å²) in [6, 6.07) is 3.76. The highest BCUT2D eigenvalue weighted by atomic mass is 19.4. The van der Waals surface area contributed by atoms with Gasteiger partial charge in [0.15, 0.2) is 0 Å². The second-order valence-electron chi connectivity index (χ2n) is 5.30. The fourth-order valence-electron chi connectivity index (χ4n) is 2.01. The monoisotopic (exact) mass is 380 g/mol. The van der Waals surface area contributed by atoms with E-state index in [2.05, 4.69) is 6.58 Å². The Morgan fingerprint density at radius 3 is 1.80 bits per heavy atom. The lowest BCUT2D eigenvalue weighted by molar-refractivity contribution is -0.396. The molecular weight excluding hydrogens is 367 g/mol. The van der Waals surface area contributed by atoms with Crippen LogP contribution in [0.2, 0.25) is 0 Å². The molecule has 142 valence electrons. The molecule has 0 unspecified atom stereocenters. The van der Waals surface area contributed by atoms with E-state index in [1.807, 2.05) is 0 Å². The van der Waals surface area contributed by atoms with Crippen LogP contribution >= 0.6 is 0 Å². The summed E-state index contributed by atoms with van der Waals surface area (Å²) >= 11 is 0. The van der Waals surface area contributed by atoms with Crippen LogP contribution in [0.4, 0.5) is 39.5 Å². The lowest BCUT2D eigenvalue weighted by Crippen LogP contribution is -2.60. The van der Waals surface area contributed by atoms with Gasteiger partial charge in [-0.3, -0.25) is 0 Å². The van der Waals surface area contributed by atoms with Crippen molar-refractivity contribution in [3.8, 4) is 0 Å². The third-order valence-electron chi connectivity index (χ3n) is 3.43. The van der Waals surface area contributed by atoms with E-state index in [0.29, 0.717) is 5.56 Å². The molecule has 0 aromatic heterocycles. The molecule has 0 radical (unpaired) electrons. The number of hydrogen-bond donors (Lipinski definition) is 1. The first-order valence-corrected chi connectivity index (χ1v) is 6.76. The summed E-state index contributed by atoms with van der Waals surface area (Å²) in [6.07, 6.45) is -8.43. The van der Waals surface area contributed by atoms with Gasteiger partial charge in [0.25, 0.3) is 0 Å². The molecule has 1 aromatic rings. The van der Waals surface area contributed by atoms with Gasteiger partial charge in [0.05, 0.1) is 6.61 Å². The summed E-state index contributed by atoms with van der Waals surface area (Å²) in [5.41, 5.74) is 0.493. The van der Waals surface area contributed by atoms with Gasteiger partial charge < -0.3 is 5.11 Å². The molecule has 0 spiro atoms. The highest BCUT2D eigenvalue weighted by Crippen LogP contribution is 2.54. The number of rotatable bonds is 7. The van der Waals surface area contributed by atoms with Crippen molar-refractivity contribution in [1.29, 1.82) is 0 Å². The third kappa shape index (κ3) is 4.10. The van der Waals surface area contributed by atoms with Crippen molar-refractivity contribution in [2.24, 2.45) is 0 Å². The first-order chi connectivity index (χ1) is 11.2. The summed E-state index contributed by atoms with van der Waals surface area (Å²) in [5, 5.41) is 9.01. The quantitative estimate of drug-likeness (QED) is 0.643. The van der Waals surface area contributed by atoms with Crippen molar-refractivity contribution in [1.82, 2.24) is 0 Å². The van der Waals surface area contributed by atoms with E-state index in [9.17, 15) is 39.5 Å². The number of halogens is 9. The molecule has 0 amide bonds. The van der Waals surface area contributed by atoms with Crippen LogP contribution in [0.1, 0.15) is 23.1 Å². The maximum atomic E-state index is 13.5. The Morgan fingerprint density at radius 1 is 0.840 bits per heavy atom. The molecule has 1 rings (SSSR count). The number of aryl methyl sites for hydroxylation is 1. The van der Waals surface area contributed by atoms with Gasteiger partial charge in [0.1, 0.15) is 0 Å². The lowest BCUT2D eigenvalue weighted by atomic mass is 9.95. The van der Waals surface area contributed by atoms with Gasteiger partial charge in [-0.2, -0.15) is 39.5 Å². The van der Waals surface area contributed by atoms with Crippen LogP contribution in [-0.4, -0.2) is 29.1 Å². The Hall–Kier alpha value is -1.71. The molecule has 0 atom stereocenters. The van der Waals surface area contributed by atoms with Crippen LogP contribution in [0, 0.1) is 0 Å². The number of aliphatic hydroxyl groups excluding tert-OH is 1. The Labute approximate surface area is 136 Å². The molecule has 1 nitrogen and oxygen atoms in total. The molecule has 0 aliphatic rings. The van der Waals surface area contributed by atoms with Crippen LogP contribution in [-0.2, 0) is 13.0 Å². The molecule has 10 heteroatoms. The Balaban J connectivity index is 3.07. The van der Waals surface area contributed by atoms with Crippen molar-refractivity contribution in [2.75, 3.05) is 0 Å². The predicted octanol–water partition coefficient (Wildman–Crippen LogP) is 5.22. The molecule has 1 N–H and O–H groups in total. The zero-order valence-corrected chi connectivity index (χ0v) is 12.5. The number of benzene rings is 1. The first-order valence-electron chi connectivity index (χ1n) is 6.76. The molecule has 25 heavy (non-hydrogen) atoms. The Bertz CT molecular complexity index is 620. The number of alkyl halides is 9. The molecule has 1 aromatic carbocycles. The minimum absolute atomic E-state index is 0.0488. The first kappa shape index (κ1) is 21.3. The molecule has 0 saturated heterocycles. The minimum Gasteiger partial charge on any atom is -0.392 e. The molecule has 0 heterocycles. The van der Waals surface area contributed by atoms with E-state index in [0.717, 1.165) is 6.07 Å². The van der Waals surface area contributed by atoms with Gasteiger partial charge in [-0.05, 0) is 29.2 Å². The Morgan fingerprint density at radius 2 is 1.36 bits per heavy atom. The molecule has 0 bridgehead atoms. The highest BCUT2D eigenvalue weighted by molar-refractivity contribution is 5.50. The zero-order valence-electron chi connectivity index (χ0n) is 12.5. The summed E-state index contributed by atoms with van der Waals surface area (Å²) in [7, 11) is 0. The topological polar surface area (TPSA) is 20.2 Å². The van der Waals surface area contributed by atoms with Gasteiger partial charge in [-0.25, -0.2) is 0 Å². The SMILES string of the molecule is C=Cc1cc(CO)cc(CCC(F)(F)C(F)(F)C(F)(F)C(F)(F)F)c1. The molecule has 0 saturated carbocycles. The normalized spacial score (nSPS) is 13.8. The second-order valence-corrected chi connectivity index (χ2v) is 5.30. The van der Waals surface area contributed by atoms with Gasteiger partial charge >= 0.3 is 23.9 Å². The van der Waals surface area contributed by atoms with Crippen molar-refractivity contribution in [3.05, 3.63) is 41.5 Å². The van der Waals surface area contributed by atoms with Gasteiger partial charge in [-0.1, -0.05) is 24.8 Å². The molecule has 0 aliphatic carbocycles. The summed E-state index contributed by atoms with van der Waals surface area (Å²) < 4.78 is 115. The minimum atomic E-state index is -6.89. The zero-order chi connectivity index (χ0) is 19.7. The van der Waals surface area contributed by atoms with E-state index in [4.69, 9.17) is 5.11 Å². The van der Waals surface area contributed by atoms with E-state index in [-0.39, 0.29) is 11.1 Å². The van der Waals surface area contributed by atoms with Crippen molar-refractivity contribution in [2.45, 2.75) is 43.4 Å². The second kappa shape index (κ2) is 6.89. The van der Waals surface area contributed by atoms with Crippen LogP contribution in [0.15, 0.2) is 24.8 Å². The average Bonchev–Trinajstić information content (AvgIpc) is 2.51. The highest BCUT2D eigenvalue weighted by Gasteiger charge is 2.81. The standard InChI is InChI=1S/C15H13F9O/c1-2-9-5-10(7-11(6-9)8-25)3-4-12(16,17)13(18,19)14(20,21)15(22,23)24/h2,5-7,25H,1,3-4,8H2. The smallest absolute Gasteiger partial charge is 0.392 e. The van der Waals surface area contributed by atoms with E-state index in [1.54, 1.807) is 0 Å². The molecule has 0 fully saturated rings. The summed E-state index contributed by atoms with van der Waals surface area (Å²) in [6.45, 7) is 2.86. The van der Waals surface area contributed by atoms with Gasteiger partial charge in [0.2, 0.25) is 0 Å². The fraction of sp³-hybridized carbons (Fsp3) is 0.467. The van der Waals surface area contributed by atoms with Gasteiger partial charge in [0, 0.05) is 6.42 Å². The maximum absolute atomic E-state index is 13.5. The van der Waals surface area contributed by atoms with E-state index in [1.165, 1.54) is 18.2 Å². The number of aliphatic hydroxyl groups is 1. The predicted molar refractivity (Wildman–Crippen MR) is 71.7 cm³/mol. The van der Waals surface area contributed by atoms with Gasteiger partial charge in [-0.15, -0.1) is 0 Å². The largest absolute Gasteiger partial charge is 0.460 e. The maximum Gasteiger partial charge on any atom is 0.460 e. The van der Waals surface area contributed by atoms with Crippen LogP contribution in [0.5, 0.6) is 0 Å². The number of hydrogen-bond acceptors (Lipinski definition) is 1. The van der Waals surface area contributed by atoms with Crippen molar-refractivity contribution < 1.29 is 44.6 Å². The molecular formula is C15H13F9O. The summed E-state index contributed by atoms with van der Waals surface area (Å²) in [4.78, 5) is 0. The Kier molecular flexibility index (Phi) is 5.88. The van der Waals surface area contributed by atoms with Crippen LogP contribution in [0.25, 0.3) is 6.08 Å². The summed E-state index contributed by atoms with van der Waals surface area (Å²) in [5.74, 6) is -19.1. The van der Waals surface area contributed by atoms with Crippen LogP contribution < -0.4 is 0 Å². The van der Waals surface area contributed by atoms with Crippen molar-refractivity contribution >= 4 is 6.08 Å². The van der Waals surface area contributed by atoms with E-state index < -0.39 is 43.4 Å².